The largest absolute Gasteiger partial charge is 0.491 e. The molecule has 0 saturated carbocycles. The first-order chi connectivity index (χ1) is 15.1. The van der Waals surface area contributed by atoms with Crippen molar-refractivity contribution in [3.63, 3.8) is 0 Å². The molecule has 2 aliphatic heterocycles. The fourth-order valence-corrected chi connectivity index (χ4v) is 3.72. The summed E-state index contributed by atoms with van der Waals surface area (Å²) >= 11 is 0. The van der Waals surface area contributed by atoms with Crippen LogP contribution in [-0.2, 0) is 20.9 Å². The Kier molecular flexibility index (Phi) is 5.25. The van der Waals surface area contributed by atoms with Gasteiger partial charge in [-0.15, -0.1) is 0 Å². The molecule has 0 spiro atoms. The number of carbonyl (C=O) groups is 1. The van der Waals surface area contributed by atoms with Crippen molar-refractivity contribution in [2.75, 3.05) is 23.4 Å². The van der Waals surface area contributed by atoms with E-state index >= 15 is 0 Å². The molecule has 0 bridgehead atoms. The lowest BCUT2D eigenvalue weighted by molar-refractivity contribution is -0.147. The molecule has 3 N–H and O–H groups in total. The fourth-order valence-electron chi connectivity index (χ4n) is 3.72. The molecular formula is C20H20F3N5O4. The Balaban J connectivity index is 1.78. The SMILES string of the molecule is Cc1c(N2C(=C=O)OC[C@H]2C(F)(F)F)nc2n1CCOc1cc(N[C@@H](C)C(N)=O)ccc1-2. The van der Waals surface area contributed by atoms with Gasteiger partial charge in [-0.05, 0) is 26.0 Å². The van der Waals surface area contributed by atoms with E-state index in [1.165, 1.54) is 5.94 Å². The first-order valence-corrected chi connectivity index (χ1v) is 9.76. The molecule has 9 nitrogen and oxygen atoms in total. The molecule has 2 aliphatic rings. The van der Waals surface area contributed by atoms with E-state index in [1.807, 2.05) is 0 Å². The van der Waals surface area contributed by atoms with Crippen LogP contribution in [0.3, 0.4) is 0 Å². The molecule has 170 valence electrons. The van der Waals surface area contributed by atoms with Crippen molar-refractivity contribution in [2.45, 2.75) is 38.7 Å². The Bertz CT molecular complexity index is 1120. The number of nitrogens with two attached hydrogens (primary N) is 1. The minimum absolute atomic E-state index is 0.0319. The molecule has 4 rings (SSSR count). The Hall–Kier alpha value is -3.66. The van der Waals surface area contributed by atoms with Crippen LogP contribution in [0.4, 0.5) is 24.7 Å². The summed E-state index contributed by atoms with van der Waals surface area (Å²) in [5.41, 5.74) is 6.84. The van der Waals surface area contributed by atoms with Crippen molar-refractivity contribution in [1.29, 1.82) is 0 Å². The van der Waals surface area contributed by atoms with E-state index in [-0.39, 0.29) is 12.4 Å². The molecule has 12 heteroatoms. The highest BCUT2D eigenvalue weighted by Gasteiger charge is 2.51. The second-order valence-corrected chi connectivity index (χ2v) is 7.47. The molecule has 3 heterocycles. The number of amides is 1. The van der Waals surface area contributed by atoms with Gasteiger partial charge in [-0.3, -0.25) is 9.69 Å². The Morgan fingerprint density at radius 2 is 2.12 bits per heavy atom. The number of imidazole rings is 1. The highest BCUT2D eigenvalue weighted by molar-refractivity contribution is 5.83. The standard InChI is InChI=1S/C20H20F3N5O4/c1-10(17(24)30)25-12-3-4-13-14(7-12)31-6-5-27-11(2)18(26-19(13)27)28-15(20(21,22)23)9-32-16(28)8-29/h3-4,7,10,15,25H,5-6,9H2,1-2H3,(H2,24,30)/t10-,15-/m0/s1. The van der Waals surface area contributed by atoms with Gasteiger partial charge >= 0.3 is 6.18 Å². The van der Waals surface area contributed by atoms with Crippen LogP contribution in [0, 0.1) is 6.92 Å². The minimum atomic E-state index is -4.63. The molecule has 1 amide bonds. The van der Waals surface area contributed by atoms with Gasteiger partial charge in [-0.1, -0.05) is 0 Å². The van der Waals surface area contributed by atoms with Crippen molar-refractivity contribution in [3.05, 3.63) is 29.8 Å². The number of fused-ring (bicyclic) bond motifs is 3. The topological polar surface area (TPSA) is 112 Å². The first-order valence-electron chi connectivity index (χ1n) is 9.76. The third-order valence-electron chi connectivity index (χ3n) is 5.40. The summed E-state index contributed by atoms with van der Waals surface area (Å²) in [7, 11) is 0. The summed E-state index contributed by atoms with van der Waals surface area (Å²) in [5, 5.41) is 2.96. The van der Waals surface area contributed by atoms with Gasteiger partial charge in [0.05, 0.1) is 17.8 Å². The number of carbonyl (C=O) groups excluding carboxylic acids is 2. The highest BCUT2D eigenvalue weighted by Crippen LogP contribution is 2.41. The zero-order valence-corrected chi connectivity index (χ0v) is 17.2. The molecule has 1 saturated heterocycles. The molecule has 2 aromatic rings. The van der Waals surface area contributed by atoms with E-state index in [9.17, 15) is 22.8 Å². The Morgan fingerprint density at radius 3 is 2.78 bits per heavy atom. The van der Waals surface area contributed by atoms with Crippen LogP contribution in [0.2, 0.25) is 0 Å². The Labute approximate surface area is 180 Å². The van der Waals surface area contributed by atoms with Gasteiger partial charge in [-0.25, -0.2) is 9.78 Å². The van der Waals surface area contributed by atoms with Crippen molar-refractivity contribution < 1.29 is 32.2 Å². The molecular weight excluding hydrogens is 431 g/mol. The van der Waals surface area contributed by atoms with E-state index in [0.717, 1.165) is 4.90 Å². The number of hydrogen-bond acceptors (Lipinski definition) is 7. The van der Waals surface area contributed by atoms with Gasteiger partial charge in [-0.2, -0.15) is 13.2 Å². The smallest absolute Gasteiger partial charge is 0.412 e. The van der Waals surface area contributed by atoms with E-state index in [4.69, 9.17) is 15.2 Å². The molecule has 2 atom stereocenters. The predicted molar refractivity (Wildman–Crippen MR) is 108 cm³/mol. The van der Waals surface area contributed by atoms with Gasteiger partial charge in [0.25, 0.3) is 5.88 Å². The number of aromatic nitrogens is 2. The summed E-state index contributed by atoms with van der Waals surface area (Å²) in [5.74, 6) is 1.16. The molecule has 0 aliphatic carbocycles. The molecule has 1 fully saturated rings. The van der Waals surface area contributed by atoms with Gasteiger partial charge in [0, 0.05) is 11.8 Å². The summed E-state index contributed by atoms with van der Waals surface area (Å²) in [6.45, 7) is 3.08. The average molecular weight is 451 g/mol. The van der Waals surface area contributed by atoms with Crippen molar-refractivity contribution in [3.8, 4) is 17.1 Å². The van der Waals surface area contributed by atoms with Crippen LogP contribution in [0.1, 0.15) is 12.6 Å². The Morgan fingerprint density at radius 1 is 1.38 bits per heavy atom. The van der Waals surface area contributed by atoms with Crippen molar-refractivity contribution in [2.24, 2.45) is 5.73 Å². The second-order valence-electron chi connectivity index (χ2n) is 7.47. The fraction of sp³-hybridized carbons (Fsp3) is 0.400. The van der Waals surface area contributed by atoms with Crippen LogP contribution < -0.4 is 20.7 Å². The number of alkyl halides is 3. The van der Waals surface area contributed by atoms with E-state index in [2.05, 4.69) is 10.3 Å². The van der Waals surface area contributed by atoms with E-state index in [0.29, 0.717) is 35.1 Å². The number of rotatable bonds is 4. The zero-order chi connectivity index (χ0) is 23.2. The lowest BCUT2D eigenvalue weighted by Gasteiger charge is -2.23. The van der Waals surface area contributed by atoms with Crippen LogP contribution >= 0.6 is 0 Å². The first kappa shape index (κ1) is 21.6. The summed E-state index contributed by atoms with van der Waals surface area (Å²) in [4.78, 5) is 27.8. The van der Waals surface area contributed by atoms with Gasteiger partial charge in [0.1, 0.15) is 30.8 Å². The number of halogens is 3. The normalized spacial score (nSPS) is 18.6. The van der Waals surface area contributed by atoms with Crippen LogP contribution in [0.25, 0.3) is 11.4 Å². The average Bonchev–Trinajstić information content (AvgIpc) is 3.24. The summed E-state index contributed by atoms with van der Waals surface area (Å²) in [6, 6.07) is 2.39. The minimum Gasteiger partial charge on any atom is -0.491 e. The van der Waals surface area contributed by atoms with Crippen molar-refractivity contribution in [1.82, 2.24) is 9.55 Å². The molecule has 0 unspecified atom stereocenters. The van der Waals surface area contributed by atoms with Gasteiger partial charge in [0.15, 0.2) is 17.8 Å². The maximum Gasteiger partial charge on any atom is 0.412 e. The number of anilines is 2. The maximum atomic E-state index is 13.6. The molecule has 1 aromatic carbocycles. The monoisotopic (exact) mass is 451 g/mol. The summed E-state index contributed by atoms with van der Waals surface area (Å²) < 4.78 is 53.2. The van der Waals surface area contributed by atoms with Crippen LogP contribution in [0.15, 0.2) is 24.1 Å². The quantitative estimate of drug-likeness (QED) is 0.684. The van der Waals surface area contributed by atoms with Gasteiger partial charge < -0.3 is 25.1 Å². The highest BCUT2D eigenvalue weighted by atomic mass is 19.4. The molecule has 0 radical (unpaired) electrons. The lowest BCUT2D eigenvalue weighted by Crippen LogP contribution is -2.43. The number of nitrogens with zero attached hydrogens (tertiary/aromatic N) is 3. The number of ether oxygens (including phenoxy) is 2. The second kappa shape index (κ2) is 7.79. The van der Waals surface area contributed by atoms with Gasteiger partial charge in [0.2, 0.25) is 5.91 Å². The van der Waals surface area contributed by atoms with E-state index < -0.39 is 36.7 Å². The number of benzene rings is 1. The third kappa shape index (κ3) is 3.62. The number of nitrogens with one attached hydrogen (secondary N) is 1. The maximum absolute atomic E-state index is 13.6. The van der Waals surface area contributed by atoms with Crippen LogP contribution in [-0.4, -0.2) is 52.9 Å². The molecule has 32 heavy (non-hydrogen) atoms. The van der Waals surface area contributed by atoms with E-state index in [1.54, 1.807) is 36.6 Å². The zero-order valence-electron chi connectivity index (χ0n) is 17.2. The number of primary amides is 1. The van der Waals surface area contributed by atoms with Crippen molar-refractivity contribution >= 4 is 23.4 Å². The lowest BCUT2D eigenvalue weighted by atomic mass is 10.1. The predicted octanol–water partition coefficient (Wildman–Crippen LogP) is 1.98. The third-order valence-corrected chi connectivity index (χ3v) is 5.40. The number of hydrogen-bond donors (Lipinski definition) is 2. The summed E-state index contributed by atoms with van der Waals surface area (Å²) in [6.07, 6.45) is -4.63. The van der Waals surface area contributed by atoms with Crippen LogP contribution in [0.5, 0.6) is 5.75 Å². The molecule has 1 aromatic heterocycles.